The molecule has 0 atom stereocenters. The van der Waals surface area contributed by atoms with E-state index >= 15 is 0 Å². The number of aromatic nitrogens is 2. The van der Waals surface area contributed by atoms with E-state index in [1.165, 1.54) is 6.07 Å². The lowest BCUT2D eigenvalue weighted by molar-refractivity contribution is 0.305. The Hall–Kier alpha value is -2.36. The summed E-state index contributed by atoms with van der Waals surface area (Å²) in [5.74, 6) is 1.12. The topological polar surface area (TPSA) is 74.3 Å². The van der Waals surface area contributed by atoms with Gasteiger partial charge in [0, 0.05) is 49.5 Å². The van der Waals surface area contributed by atoms with Crippen molar-refractivity contribution in [1.82, 2.24) is 20.6 Å². The van der Waals surface area contributed by atoms with E-state index in [-0.39, 0.29) is 29.8 Å². The molecule has 3 aromatic rings. The van der Waals surface area contributed by atoms with Gasteiger partial charge < -0.3 is 20.4 Å². The van der Waals surface area contributed by atoms with Gasteiger partial charge in [0.15, 0.2) is 5.96 Å². The van der Waals surface area contributed by atoms with Crippen LogP contribution < -0.4 is 15.4 Å². The van der Waals surface area contributed by atoms with Crippen LogP contribution in [0.1, 0.15) is 24.5 Å². The van der Waals surface area contributed by atoms with Crippen LogP contribution in [0.4, 0.5) is 4.39 Å². The van der Waals surface area contributed by atoms with Crippen LogP contribution in [0, 0.1) is 5.82 Å². The highest BCUT2D eigenvalue weighted by atomic mass is 127. The average molecular weight is 511 g/mol. The van der Waals surface area contributed by atoms with Gasteiger partial charge in [-0.2, -0.15) is 0 Å². The molecular weight excluding hydrogens is 484 g/mol. The molecule has 0 fully saturated rings. The summed E-state index contributed by atoms with van der Waals surface area (Å²) in [6.45, 7) is 4.03. The number of pyridine rings is 1. The Morgan fingerprint density at radius 3 is 2.83 bits per heavy atom. The number of hydrogen-bond acceptors (Lipinski definition) is 3. The molecule has 3 rings (SSSR count). The molecule has 0 spiro atoms. The van der Waals surface area contributed by atoms with E-state index in [1.54, 1.807) is 25.4 Å². The first-order chi connectivity index (χ1) is 13.7. The fourth-order valence-electron chi connectivity index (χ4n) is 2.89. The summed E-state index contributed by atoms with van der Waals surface area (Å²) in [4.78, 5) is 11.7. The second kappa shape index (κ2) is 11.6. The molecule has 0 bridgehead atoms. The Kier molecular flexibility index (Phi) is 9.17. The Morgan fingerprint density at radius 1 is 1.24 bits per heavy atom. The van der Waals surface area contributed by atoms with Crippen molar-refractivity contribution in [3.8, 4) is 5.88 Å². The summed E-state index contributed by atoms with van der Waals surface area (Å²) in [5, 5.41) is 7.47. The number of aliphatic imine (C=N–C) groups is 1. The largest absolute Gasteiger partial charge is 0.478 e. The molecule has 0 aliphatic heterocycles. The Balaban J connectivity index is 0.00000300. The lowest BCUT2D eigenvalue weighted by Gasteiger charge is -2.12. The second-order valence-corrected chi connectivity index (χ2v) is 6.46. The molecule has 6 nitrogen and oxygen atoms in total. The van der Waals surface area contributed by atoms with E-state index in [4.69, 9.17) is 4.74 Å². The van der Waals surface area contributed by atoms with Gasteiger partial charge in [-0.15, -0.1) is 24.0 Å². The quantitative estimate of drug-likeness (QED) is 0.243. The molecule has 2 heterocycles. The molecule has 2 aromatic heterocycles. The smallest absolute Gasteiger partial charge is 0.213 e. The number of H-pyrrole nitrogens is 1. The van der Waals surface area contributed by atoms with Gasteiger partial charge in [0.1, 0.15) is 5.82 Å². The van der Waals surface area contributed by atoms with E-state index in [1.807, 2.05) is 18.3 Å². The van der Waals surface area contributed by atoms with E-state index < -0.39 is 0 Å². The lowest BCUT2D eigenvalue weighted by Crippen LogP contribution is -2.37. The molecule has 0 saturated carbocycles. The number of rotatable bonds is 8. The van der Waals surface area contributed by atoms with Crippen LogP contribution in [0.25, 0.3) is 10.9 Å². The minimum Gasteiger partial charge on any atom is -0.478 e. The van der Waals surface area contributed by atoms with Crippen molar-refractivity contribution >= 4 is 40.8 Å². The molecular formula is C21H27FIN5O. The Morgan fingerprint density at radius 2 is 2.10 bits per heavy atom. The summed E-state index contributed by atoms with van der Waals surface area (Å²) < 4.78 is 19.0. The third-order valence-electron chi connectivity index (χ3n) is 4.35. The van der Waals surface area contributed by atoms with Crippen LogP contribution in [0.5, 0.6) is 5.88 Å². The first-order valence-corrected chi connectivity index (χ1v) is 9.47. The maximum absolute atomic E-state index is 13.5. The highest BCUT2D eigenvalue weighted by molar-refractivity contribution is 14.0. The summed E-state index contributed by atoms with van der Waals surface area (Å²) in [6.07, 6.45) is 5.44. The van der Waals surface area contributed by atoms with Gasteiger partial charge in [0.25, 0.3) is 0 Å². The van der Waals surface area contributed by atoms with Gasteiger partial charge in [-0.25, -0.2) is 9.37 Å². The minimum absolute atomic E-state index is 0. The summed E-state index contributed by atoms with van der Waals surface area (Å²) >= 11 is 0. The molecule has 156 valence electrons. The van der Waals surface area contributed by atoms with Crippen molar-refractivity contribution in [1.29, 1.82) is 0 Å². The molecule has 0 aliphatic carbocycles. The highest BCUT2D eigenvalue weighted by Gasteiger charge is 2.06. The van der Waals surface area contributed by atoms with Crippen LogP contribution in [0.2, 0.25) is 0 Å². The molecule has 3 N–H and O–H groups in total. The van der Waals surface area contributed by atoms with Crippen LogP contribution in [-0.2, 0) is 13.0 Å². The number of fused-ring (bicyclic) bond motifs is 1. The molecule has 0 unspecified atom stereocenters. The van der Waals surface area contributed by atoms with E-state index in [0.717, 1.165) is 34.9 Å². The SMILES string of the molecule is CCCOc1ccc(CNC(=NC)NCCc2c[nH]c3ccc(F)cc23)cn1.I. The lowest BCUT2D eigenvalue weighted by atomic mass is 10.1. The normalized spacial score (nSPS) is 11.2. The summed E-state index contributed by atoms with van der Waals surface area (Å²) in [5.41, 5.74) is 3.06. The van der Waals surface area contributed by atoms with Crippen molar-refractivity contribution in [3.63, 3.8) is 0 Å². The number of halogens is 2. The number of ether oxygens (including phenoxy) is 1. The number of benzene rings is 1. The molecule has 0 radical (unpaired) electrons. The monoisotopic (exact) mass is 511 g/mol. The number of aromatic amines is 1. The predicted molar refractivity (Wildman–Crippen MR) is 126 cm³/mol. The molecule has 29 heavy (non-hydrogen) atoms. The van der Waals surface area contributed by atoms with Gasteiger partial charge in [-0.3, -0.25) is 4.99 Å². The predicted octanol–water partition coefficient (Wildman–Crippen LogP) is 4.02. The molecule has 0 amide bonds. The fourth-order valence-corrected chi connectivity index (χ4v) is 2.89. The molecule has 8 heteroatoms. The standard InChI is InChI=1S/C21H26FN5O.HI/c1-3-10-28-20-7-4-15(12-26-20)13-27-21(23-2)24-9-8-16-14-25-19-6-5-17(22)11-18(16)19;/h4-7,11-12,14,25H,3,8-10,13H2,1-2H3,(H2,23,24,27);1H. The van der Waals surface area contributed by atoms with E-state index in [2.05, 4.69) is 32.5 Å². The average Bonchev–Trinajstić information content (AvgIpc) is 3.11. The Labute approximate surface area is 187 Å². The van der Waals surface area contributed by atoms with Gasteiger partial charge in [-0.1, -0.05) is 13.0 Å². The zero-order valence-electron chi connectivity index (χ0n) is 16.7. The number of hydrogen-bond donors (Lipinski definition) is 3. The van der Waals surface area contributed by atoms with Crippen molar-refractivity contribution in [3.05, 3.63) is 59.7 Å². The summed E-state index contributed by atoms with van der Waals surface area (Å²) in [7, 11) is 1.73. The van der Waals surface area contributed by atoms with Gasteiger partial charge in [0.2, 0.25) is 5.88 Å². The third kappa shape index (κ3) is 6.59. The maximum atomic E-state index is 13.5. The van der Waals surface area contributed by atoms with Crippen molar-refractivity contribution in [2.75, 3.05) is 20.2 Å². The van der Waals surface area contributed by atoms with Gasteiger partial charge in [0.05, 0.1) is 6.61 Å². The zero-order chi connectivity index (χ0) is 19.8. The van der Waals surface area contributed by atoms with Crippen LogP contribution in [-0.4, -0.2) is 36.1 Å². The number of guanidine groups is 1. The van der Waals surface area contributed by atoms with Crippen LogP contribution in [0.15, 0.2) is 47.7 Å². The zero-order valence-corrected chi connectivity index (χ0v) is 19.0. The van der Waals surface area contributed by atoms with Gasteiger partial charge in [-0.05, 0) is 42.2 Å². The second-order valence-electron chi connectivity index (χ2n) is 6.46. The van der Waals surface area contributed by atoms with Crippen molar-refractivity contribution in [2.45, 2.75) is 26.3 Å². The molecule has 1 aromatic carbocycles. The van der Waals surface area contributed by atoms with Gasteiger partial charge >= 0.3 is 0 Å². The first-order valence-electron chi connectivity index (χ1n) is 9.47. The van der Waals surface area contributed by atoms with Crippen LogP contribution in [0.3, 0.4) is 0 Å². The highest BCUT2D eigenvalue weighted by Crippen LogP contribution is 2.19. The molecule has 0 saturated heterocycles. The number of nitrogens with zero attached hydrogens (tertiary/aromatic N) is 2. The minimum atomic E-state index is -0.224. The van der Waals surface area contributed by atoms with E-state index in [0.29, 0.717) is 31.5 Å². The van der Waals surface area contributed by atoms with E-state index in [9.17, 15) is 4.39 Å². The Bertz CT molecular complexity index is 926. The summed E-state index contributed by atoms with van der Waals surface area (Å²) in [6, 6.07) is 8.64. The maximum Gasteiger partial charge on any atom is 0.213 e. The number of nitrogens with one attached hydrogen (secondary N) is 3. The van der Waals surface area contributed by atoms with Crippen LogP contribution >= 0.6 is 24.0 Å². The van der Waals surface area contributed by atoms with Crippen molar-refractivity contribution < 1.29 is 9.13 Å². The van der Waals surface area contributed by atoms with Crippen molar-refractivity contribution in [2.24, 2.45) is 4.99 Å². The first kappa shape index (κ1) is 22.9. The third-order valence-corrected chi connectivity index (χ3v) is 4.35. The molecule has 0 aliphatic rings. The fraction of sp³-hybridized carbons (Fsp3) is 0.333.